The summed E-state index contributed by atoms with van der Waals surface area (Å²) in [5, 5.41) is 5.85. The number of hydrogen-bond acceptors (Lipinski definition) is 3. The van der Waals surface area contributed by atoms with Gasteiger partial charge >= 0.3 is 0 Å². The number of nitrogens with one attached hydrogen (secondary N) is 2. The molecular weight excluding hydrogens is 268 g/mol. The maximum atomic E-state index is 11.9. The summed E-state index contributed by atoms with van der Waals surface area (Å²) in [4.78, 5) is 23.5. The highest BCUT2D eigenvalue weighted by molar-refractivity contribution is 5.91. The Morgan fingerprint density at radius 3 is 2.86 bits per heavy atom. The van der Waals surface area contributed by atoms with E-state index in [2.05, 4.69) is 17.6 Å². The van der Waals surface area contributed by atoms with Gasteiger partial charge in [0.05, 0.1) is 6.26 Å². The molecule has 0 spiro atoms. The molecule has 0 aliphatic heterocycles. The minimum absolute atomic E-state index is 0.0843. The molecule has 5 heteroatoms. The van der Waals surface area contributed by atoms with Gasteiger partial charge in [-0.05, 0) is 37.3 Å². The smallest absolute Gasteiger partial charge is 0.286 e. The lowest BCUT2D eigenvalue weighted by Crippen LogP contribution is -2.41. The van der Waals surface area contributed by atoms with Gasteiger partial charge < -0.3 is 15.1 Å². The zero-order valence-corrected chi connectivity index (χ0v) is 12.6. The van der Waals surface area contributed by atoms with Crippen LogP contribution >= 0.6 is 0 Å². The fourth-order valence-electron chi connectivity index (χ4n) is 2.76. The van der Waals surface area contributed by atoms with E-state index < -0.39 is 0 Å². The van der Waals surface area contributed by atoms with E-state index in [-0.39, 0.29) is 11.8 Å². The number of carbonyl (C=O) groups excluding carboxylic acids is 2. The highest BCUT2D eigenvalue weighted by atomic mass is 16.3. The van der Waals surface area contributed by atoms with Crippen LogP contribution < -0.4 is 10.6 Å². The minimum atomic E-state index is -0.235. The molecule has 1 aliphatic rings. The predicted octanol–water partition coefficient (Wildman–Crippen LogP) is 2.48. The van der Waals surface area contributed by atoms with Gasteiger partial charge in [0.15, 0.2) is 5.76 Å². The van der Waals surface area contributed by atoms with E-state index >= 15 is 0 Å². The standard InChI is InChI=1S/C16H24N2O3/c1-12-6-2-3-7-13(12)18-15(19)9-4-10-17-16(20)14-8-5-11-21-14/h5,8,11-13H,2-4,6-7,9-10H2,1H3,(H,17,20)(H,18,19). The first-order chi connectivity index (χ1) is 10.2. The van der Waals surface area contributed by atoms with Crippen molar-refractivity contribution in [2.45, 2.75) is 51.5 Å². The Hall–Kier alpha value is -1.78. The third kappa shape index (κ3) is 4.92. The van der Waals surface area contributed by atoms with Gasteiger partial charge in [-0.3, -0.25) is 9.59 Å². The Labute approximate surface area is 125 Å². The Morgan fingerprint density at radius 1 is 1.33 bits per heavy atom. The van der Waals surface area contributed by atoms with Gasteiger partial charge in [-0.15, -0.1) is 0 Å². The van der Waals surface area contributed by atoms with E-state index in [1.165, 1.54) is 25.5 Å². The average Bonchev–Trinajstić information content (AvgIpc) is 3.00. The molecule has 2 rings (SSSR count). The van der Waals surface area contributed by atoms with E-state index in [0.29, 0.717) is 37.1 Å². The number of rotatable bonds is 6. The highest BCUT2D eigenvalue weighted by Crippen LogP contribution is 2.23. The van der Waals surface area contributed by atoms with Crippen LogP contribution in [0.1, 0.15) is 56.0 Å². The van der Waals surface area contributed by atoms with Crippen molar-refractivity contribution in [1.82, 2.24) is 10.6 Å². The molecule has 0 radical (unpaired) electrons. The maximum Gasteiger partial charge on any atom is 0.286 e. The molecule has 1 saturated carbocycles. The molecular formula is C16H24N2O3. The second kappa shape index (κ2) is 7.86. The number of hydrogen-bond donors (Lipinski definition) is 2. The summed E-state index contributed by atoms with van der Waals surface area (Å²) in [5.74, 6) is 0.721. The normalized spacial score (nSPS) is 21.8. The third-order valence-electron chi connectivity index (χ3n) is 4.07. The maximum absolute atomic E-state index is 11.9. The number of furan rings is 1. The molecule has 1 aromatic rings. The van der Waals surface area contributed by atoms with Crippen LogP contribution in [0.5, 0.6) is 0 Å². The quantitative estimate of drug-likeness (QED) is 0.791. The fraction of sp³-hybridized carbons (Fsp3) is 0.625. The number of amides is 2. The summed E-state index contributed by atoms with van der Waals surface area (Å²) in [7, 11) is 0. The van der Waals surface area contributed by atoms with Crippen LogP contribution in [0, 0.1) is 5.92 Å². The van der Waals surface area contributed by atoms with Crippen LogP contribution in [0.2, 0.25) is 0 Å². The van der Waals surface area contributed by atoms with Crippen molar-refractivity contribution in [2.75, 3.05) is 6.54 Å². The molecule has 0 saturated heterocycles. The fourth-order valence-corrected chi connectivity index (χ4v) is 2.76. The molecule has 1 aromatic heterocycles. The van der Waals surface area contributed by atoms with E-state index in [1.807, 2.05) is 0 Å². The summed E-state index contributed by atoms with van der Waals surface area (Å²) >= 11 is 0. The monoisotopic (exact) mass is 292 g/mol. The predicted molar refractivity (Wildman–Crippen MR) is 79.8 cm³/mol. The van der Waals surface area contributed by atoms with Gasteiger partial charge in [0.25, 0.3) is 5.91 Å². The lowest BCUT2D eigenvalue weighted by molar-refractivity contribution is -0.122. The summed E-state index contributed by atoms with van der Waals surface area (Å²) in [6.07, 6.45) is 7.31. The Bertz CT molecular complexity index is 456. The first-order valence-electron chi connectivity index (χ1n) is 7.78. The van der Waals surface area contributed by atoms with Crippen LogP contribution in [0.3, 0.4) is 0 Å². The lowest BCUT2D eigenvalue weighted by atomic mass is 9.86. The van der Waals surface area contributed by atoms with E-state index in [1.54, 1.807) is 12.1 Å². The topological polar surface area (TPSA) is 71.3 Å². The SMILES string of the molecule is CC1CCCCC1NC(=O)CCCNC(=O)c1ccco1. The van der Waals surface area contributed by atoms with Crippen LogP contribution in [-0.2, 0) is 4.79 Å². The molecule has 5 nitrogen and oxygen atoms in total. The first kappa shape index (κ1) is 15.6. The Morgan fingerprint density at radius 2 is 2.14 bits per heavy atom. The molecule has 2 unspecified atom stereocenters. The van der Waals surface area contributed by atoms with Crippen LogP contribution in [0.4, 0.5) is 0 Å². The van der Waals surface area contributed by atoms with Crippen LogP contribution in [-0.4, -0.2) is 24.4 Å². The van der Waals surface area contributed by atoms with Crippen LogP contribution in [0.25, 0.3) is 0 Å². The lowest BCUT2D eigenvalue weighted by Gasteiger charge is -2.29. The molecule has 1 aliphatic carbocycles. The first-order valence-corrected chi connectivity index (χ1v) is 7.78. The summed E-state index contributed by atoms with van der Waals surface area (Å²) in [6, 6.07) is 3.61. The Balaban J connectivity index is 1.60. The molecule has 2 atom stereocenters. The van der Waals surface area contributed by atoms with Gasteiger partial charge in [-0.2, -0.15) is 0 Å². The van der Waals surface area contributed by atoms with Crippen molar-refractivity contribution in [2.24, 2.45) is 5.92 Å². The summed E-state index contributed by atoms with van der Waals surface area (Å²) in [6.45, 7) is 2.68. The average molecular weight is 292 g/mol. The van der Waals surface area contributed by atoms with Crippen molar-refractivity contribution in [1.29, 1.82) is 0 Å². The zero-order chi connectivity index (χ0) is 15.1. The molecule has 1 fully saturated rings. The van der Waals surface area contributed by atoms with Crippen molar-refractivity contribution < 1.29 is 14.0 Å². The van der Waals surface area contributed by atoms with E-state index in [0.717, 1.165) is 6.42 Å². The molecule has 116 valence electrons. The van der Waals surface area contributed by atoms with E-state index in [9.17, 15) is 9.59 Å². The Kier molecular flexibility index (Phi) is 5.84. The van der Waals surface area contributed by atoms with Gasteiger partial charge in [0, 0.05) is 19.0 Å². The molecule has 1 heterocycles. The van der Waals surface area contributed by atoms with Gasteiger partial charge in [0.1, 0.15) is 0 Å². The molecule has 2 amide bonds. The molecule has 21 heavy (non-hydrogen) atoms. The summed E-state index contributed by atoms with van der Waals surface area (Å²) < 4.78 is 4.99. The zero-order valence-electron chi connectivity index (χ0n) is 12.6. The third-order valence-corrected chi connectivity index (χ3v) is 4.07. The van der Waals surface area contributed by atoms with Crippen molar-refractivity contribution in [3.63, 3.8) is 0 Å². The number of carbonyl (C=O) groups is 2. The van der Waals surface area contributed by atoms with Gasteiger partial charge in [-0.25, -0.2) is 0 Å². The second-order valence-electron chi connectivity index (χ2n) is 5.77. The van der Waals surface area contributed by atoms with Gasteiger partial charge in [0.2, 0.25) is 5.91 Å². The minimum Gasteiger partial charge on any atom is -0.459 e. The highest BCUT2D eigenvalue weighted by Gasteiger charge is 2.22. The van der Waals surface area contributed by atoms with Crippen molar-refractivity contribution in [3.05, 3.63) is 24.2 Å². The summed E-state index contributed by atoms with van der Waals surface area (Å²) in [5.41, 5.74) is 0. The molecule has 2 N–H and O–H groups in total. The van der Waals surface area contributed by atoms with Crippen molar-refractivity contribution >= 4 is 11.8 Å². The molecule has 0 bridgehead atoms. The van der Waals surface area contributed by atoms with Gasteiger partial charge in [-0.1, -0.05) is 19.8 Å². The molecule has 0 aromatic carbocycles. The van der Waals surface area contributed by atoms with Crippen LogP contribution in [0.15, 0.2) is 22.8 Å². The largest absolute Gasteiger partial charge is 0.459 e. The van der Waals surface area contributed by atoms with E-state index in [4.69, 9.17) is 4.42 Å². The van der Waals surface area contributed by atoms with Crippen molar-refractivity contribution in [3.8, 4) is 0 Å². The second-order valence-corrected chi connectivity index (χ2v) is 5.77.